The molecule has 1 aromatic carbocycles. The van der Waals surface area contributed by atoms with Gasteiger partial charge in [-0.1, -0.05) is 42.1 Å². The Morgan fingerprint density at radius 2 is 2.07 bits per heavy atom. The summed E-state index contributed by atoms with van der Waals surface area (Å²) in [6.07, 6.45) is 5.64. The highest BCUT2D eigenvalue weighted by Gasteiger charge is 2.30. The molecule has 1 saturated carbocycles. The first kappa shape index (κ1) is 17.9. The van der Waals surface area contributed by atoms with E-state index in [0.29, 0.717) is 11.7 Å². The number of aromatic nitrogens is 4. The zero-order chi connectivity index (χ0) is 18.9. The summed E-state index contributed by atoms with van der Waals surface area (Å²) in [7, 11) is 0. The largest absolute Gasteiger partial charge is 0.301 e. The summed E-state index contributed by atoms with van der Waals surface area (Å²) in [5, 5.41) is 13.3. The lowest BCUT2D eigenvalue weighted by Gasteiger charge is -2.10. The number of nitrogens with zero attached hydrogens (tertiary/aromatic N) is 4. The SMILES string of the molecule is O=C(CSc1nnc(C2CC2)n1Cc1ccccc1)Nc1nc2c(s1)CCC2. The maximum Gasteiger partial charge on any atom is 0.236 e. The molecule has 5 rings (SSSR count). The number of thioether (sulfide) groups is 1. The Bertz CT molecular complexity index is 972. The smallest absolute Gasteiger partial charge is 0.236 e. The Labute approximate surface area is 171 Å². The second kappa shape index (κ2) is 7.67. The standard InChI is InChI=1S/C20H21N5OS2/c26-17(22-19-21-15-7-4-8-16(15)28-19)12-27-20-24-23-18(14-9-10-14)25(20)11-13-5-2-1-3-6-13/h1-3,5-6,14H,4,7-12H2,(H,21,22,26). The van der Waals surface area contributed by atoms with Gasteiger partial charge in [-0.15, -0.1) is 21.5 Å². The first-order valence-electron chi connectivity index (χ1n) is 9.64. The van der Waals surface area contributed by atoms with Gasteiger partial charge in [-0.2, -0.15) is 0 Å². The predicted molar refractivity (Wildman–Crippen MR) is 111 cm³/mol. The minimum absolute atomic E-state index is 0.0420. The van der Waals surface area contributed by atoms with Crippen molar-refractivity contribution in [1.29, 1.82) is 0 Å². The molecule has 1 amide bonds. The summed E-state index contributed by atoms with van der Waals surface area (Å²) in [5.74, 6) is 1.82. The molecule has 0 saturated heterocycles. The summed E-state index contributed by atoms with van der Waals surface area (Å²) in [4.78, 5) is 18.3. The van der Waals surface area contributed by atoms with Crippen LogP contribution in [0.15, 0.2) is 35.5 Å². The molecular formula is C20H21N5OS2. The van der Waals surface area contributed by atoms with Crippen LogP contribution in [0.1, 0.15) is 47.1 Å². The van der Waals surface area contributed by atoms with Crippen molar-refractivity contribution < 1.29 is 4.79 Å². The zero-order valence-electron chi connectivity index (χ0n) is 15.4. The molecule has 2 aromatic heterocycles. The number of aryl methyl sites for hydroxylation is 2. The van der Waals surface area contributed by atoms with Gasteiger partial charge in [0.1, 0.15) is 5.82 Å². The fourth-order valence-corrected chi connectivity index (χ4v) is 5.31. The van der Waals surface area contributed by atoms with Crippen LogP contribution in [0.3, 0.4) is 0 Å². The van der Waals surface area contributed by atoms with Gasteiger partial charge < -0.3 is 9.88 Å². The Balaban J connectivity index is 1.26. The summed E-state index contributed by atoms with van der Waals surface area (Å²) in [5.41, 5.74) is 2.37. The van der Waals surface area contributed by atoms with Crippen molar-refractivity contribution >= 4 is 34.1 Å². The van der Waals surface area contributed by atoms with E-state index < -0.39 is 0 Å². The van der Waals surface area contributed by atoms with Crippen LogP contribution in [-0.4, -0.2) is 31.4 Å². The van der Waals surface area contributed by atoms with Crippen molar-refractivity contribution in [2.75, 3.05) is 11.1 Å². The second-order valence-corrected chi connectivity index (χ2v) is 9.29. The molecule has 0 aliphatic heterocycles. The highest BCUT2D eigenvalue weighted by molar-refractivity contribution is 7.99. The monoisotopic (exact) mass is 411 g/mol. The van der Waals surface area contributed by atoms with E-state index in [1.807, 2.05) is 18.2 Å². The van der Waals surface area contributed by atoms with E-state index in [1.54, 1.807) is 11.3 Å². The Morgan fingerprint density at radius 1 is 1.21 bits per heavy atom. The molecule has 3 aromatic rings. The van der Waals surface area contributed by atoms with Crippen molar-refractivity contribution in [2.24, 2.45) is 0 Å². The molecule has 1 fully saturated rings. The molecule has 8 heteroatoms. The molecule has 0 radical (unpaired) electrons. The minimum Gasteiger partial charge on any atom is -0.301 e. The fourth-order valence-electron chi connectivity index (χ4n) is 3.49. The van der Waals surface area contributed by atoms with E-state index in [0.717, 1.165) is 41.2 Å². The number of carbonyl (C=O) groups is 1. The molecule has 2 heterocycles. The van der Waals surface area contributed by atoms with E-state index in [2.05, 4.69) is 37.2 Å². The van der Waals surface area contributed by atoms with Crippen LogP contribution in [-0.2, 0) is 24.2 Å². The number of anilines is 1. The lowest BCUT2D eigenvalue weighted by atomic mass is 10.2. The molecule has 28 heavy (non-hydrogen) atoms. The average molecular weight is 412 g/mol. The van der Waals surface area contributed by atoms with Crippen LogP contribution in [0.25, 0.3) is 0 Å². The lowest BCUT2D eigenvalue weighted by molar-refractivity contribution is -0.113. The highest BCUT2D eigenvalue weighted by atomic mass is 32.2. The minimum atomic E-state index is -0.0420. The maximum atomic E-state index is 12.4. The van der Waals surface area contributed by atoms with Gasteiger partial charge in [-0.25, -0.2) is 4.98 Å². The van der Waals surface area contributed by atoms with Crippen LogP contribution in [0, 0.1) is 0 Å². The van der Waals surface area contributed by atoms with Crippen molar-refractivity contribution in [1.82, 2.24) is 19.7 Å². The fraction of sp³-hybridized carbons (Fsp3) is 0.400. The lowest BCUT2D eigenvalue weighted by Crippen LogP contribution is -2.15. The third kappa shape index (κ3) is 3.84. The third-order valence-electron chi connectivity index (χ3n) is 5.05. The normalized spacial score (nSPS) is 15.6. The summed E-state index contributed by atoms with van der Waals surface area (Å²) >= 11 is 3.05. The van der Waals surface area contributed by atoms with Crippen molar-refractivity contribution in [3.63, 3.8) is 0 Å². The first-order chi connectivity index (χ1) is 13.8. The molecule has 6 nitrogen and oxygen atoms in total. The van der Waals surface area contributed by atoms with Crippen LogP contribution in [0.2, 0.25) is 0 Å². The number of fused-ring (bicyclic) bond motifs is 1. The van der Waals surface area contributed by atoms with E-state index in [1.165, 1.54) is 41.5 Å². The number of rotatable bonds is 7. The number of hydrogen-bond donors (Lipinski definition) is 1. The van der Waals surface area contributed by atoms with Crippen LogP contribution in [0.4, 0.5) is 5.13 Å². The number of hydrogen-bond acceptors (Lipinski definition) is 6. The molecule has 2 aliphatic rings. The summed E-state index contributed by atoms with van der Waals surface area (Å²) in [6.45, 7) is 0.739. The van der Waals surface area contributed by atoms with Gasteiger partial charge in [-0.3, -0.25) is 4.79 Å². The van der Waals surface area contributed by atoms with E-state index in [-0.39, 0.29) is 5.91 Å². The molecular weight excluding hydrogens is 390 g/mol. The van der Waals surface area contributed by atoms with E-state index in [4.69, 9.17) is 0 Å². The van der Waals surface area contributed by atoms with Crippen LogP contribution < -0.4 is 5.32 Å². The first-order valence-corrected chi connectivity index (χ1v) is 11.4. The Morgan fingerprint density at radius 3 is 2.86 bits per heavy atom. The van der Waals surface area contributed by atoms with E-state index >= 15 is 0 Å². The highest BCUT2D eigenvalue weighted by Crippen LogP contribution is 2.40. The number of thiazole rings is 1. The molecule has 1 N–H and O–H groups in total. The van der Waals surface area contributed by atoms with Crippen molar-refractivity contribution in [2.45, 2.75) is 49.7 Å². The maximum absolute atomic E-state index is 12.4. The van der Waals surface area contributed by atoms with Gasteiger partial charge in [0.25, 0.3) is 0 Å². The third-order valence-corrected chi connectivity index (χ3v) is 7.09. The topological polar surface area (TPSA) is 72.7 Å². The number of nitrogens with one attached hydrogen (secondary N) is 1. The molecule has 0 bridgehead atoms. The van der Waals surface area contributed by atoms with Gasteiger partial charge >= 0.3 is 0 Å². The number of benzene rings is 1. The quantitative estimate of drug-likeness (QED) is 0.597. The summed E-state index contributed by atoms with van der Waals surface area (Å²) in [6, 6.07) is 10.3. The molecule has 0 unspecified atom stereocenters. The number of amides is 1. The van der Waals surface area contributed by atoms with Crippen LogP contribution in [0.5, 0.6) is 0 Å². The van der Waals surface area contributed by atoms with Crippen molar-refractivity contribution in [3.8, 4) is 0 Å². The number of carbonyl (C=O) groups excluding carboxylic acids is 1. The summed E-state index contributed by atoms with van der Waals surface area (Å²) < 4.78 is 2.17. The van der Waals surface area contributed by atoms with Crippen molar-refractivity contribution in [3.05, 3.63) is 52.3 Å². The van der Waals surface area contributed by atoms with Gasteiger partial charge in [0, 0.05) is 10.8 Å². The Kier molecular flexibility index (Phi) is 4.90. The molecule has 144 valence electrons. The zero-order valence-corrected chi connectivity index (χ0v) is 17.1. The van der Waals surface area contributed by atoms with E-state index in [9.17, 15) is 4.79 Å². The Hall–Kier alpha value is -2.19. The molecule has 0 spiro atoms. The average Bonchev–Trinajstić information content (AvgIpc) is 3.14. The van der Waals surface area contributed by atoms with Gasteiger partial charge in [0.2, 0.25) is 5.91 Å². The second-order valence-electron chi connectivity index (χ2n) is 7.27. The van der Waals surface area contributed by atoms with Crippen LogP contribution >= 0.6 is 23.1 Å². The molecule has 0 atom stereocenters. The molecule has 2 aliphatic carbocycles. The van der Waals surface area contributed by atoms with Gasteiger partial charge in [0.05, 0.1) is 18.0 Å². The van der Waals surface area contributed by atoms with Gasteiger partial charge in [0.15, 0.2) is 10.3 Å². The van der Waals surface area contributed by atoms with Gasteiger partial charge in [-0.05, 0) is 37.7 Å². The predicted octanol–water partition coefficient (Wildman–Crippen LogP) is 3.88.